The van der Waals surface area contributed by atoms with Crippen molar-refractivity contribution in [2.45, 2.75) is 38.6 Å². The summed E-state index contributed by atoms with van der Waals surface area (Å²) in [5.41, 5.74) is 2.17. The summed E-state index contributed by atoms with van der Waals surface area (Å²) in [5, 5.41) is 7.10. The van der Waals surface area contributed by atoms with Gasteiger partial charge in [0.1, 0.15) is 11.5 Å². The zero-order valence-electron chi connectivity index (χ0n) is 15.8. The molecule has 0 aliphatic carbocycles. The second kappa shape index (κ2) is 7.38. The minimum Gasteiger partial charge on any atom is -0.327 e. The standard InChI is InChI=1S/C20H22N6O2/c1-12(2)14-10-16(25-24-14)20(28)26-9-5-7-17(26)19-22-15(11-18(27)23-19)13-6-3-4-8-21-13/h3-4,6,8,10-12,17H,5,7,9H2,1-2H3,(H,24,25)(H,22,23,27)/t17-/m0/s1. The van der Waals surface area contributed by atoms with E-state index in [0.717, 1.165) is 18.5 Å². The summed E-state index contributed by atoms with van der Waals surface area (Å²) < 4.78 is 0. The highest BCUT2D eigenvalue weighted by molar-refractivity contribution is 5.92. The third kappa shape index (κ3) is 3.45. The quantitative estimate of drug-likeness (QED) is 0.726. The number of hydrogen-bond acceptors (Lipinski definition) is 5. The Morgan fingerprint density at radius 2 is 2.11 bits per heavy atom. The molecule has 0 spiro atoms. The van der Waals surface area contributed by atoms with Gasteiger partial charge in [-0.3, -0.25) is 19.7 Å². The molecule has 4 heterocycles. The fourth-order valence-corrected chi connectivity index (χ4v) is 3.46. The van der Waals surface area contributed by atoms with Gasteiger partial charge in [0.05, 0.1) is 17.4 Å². The third-order valence-corrected chi connectivity index (χ3v) is 4.96. The molecule has 3 aromatic rings. The van der Waals surface area contributed by atoms with Crippen LogP contribution in [-0.4, -0.2) is 42.5 Å². The molecule has 0 saturated carbocycles. The SMILES string of the molecule is CC(C)c1cc(C(=O)N2CCC[C@H]2c2nc(-c3ccccn3)cc(=O)[nH]2)n[nH]1. The van der Waals surface area contributed by atoms with E-state index in [-0.39, 0.29) is 23.4 Å². The Labute approximate surface area is 162 Å². The van der Waals surface area contributed by atoms with Gasteiger partial charge >= 0.3 is 0 Å². The zero-order chi connectivity index (χ0) is 19.7. The lowest BCUT2D eigenvalue weighted by atomic mass is 10.1. The van der Waals surface area contributed by atoms with Crippen molar-refractivity contribution in [2.75, 3.05) is 6.54 Å². The van der Waals surface area contributed by atoms with Crippen molar-refractivity contribution in [2.24, 2.45) is 0 Å². The van der Waals surface area contributed by atoms with Gasteiger partial charge in [-0.2, -0.15) is 5.10 Å². The van der Waals surface area contributed by atoms with Gasteiger partial charge in [-0.15, -0.1) is 0 Å². The molecule has 1 fully saturated rings. The highest BCUT2D eigenvalue weighted by Gasteiger charge is 2.33. The fraction of sp³-hybridized carbons (Fsp3) is 0.350. The van der Waals surface area contributed by atoms with Crippen molar-refractivity contribution in [3.63, 3.8) is 0 Å². The first-order valence-corrected chi connectivity index (χ1v) is 9.42. The van der Waals surface area contributed by atoms with Crippen LogP contribution >= 0.6 is 0 Å². The van der Waals surface area contributed by atoms with Gasteiger partial charge in [0.25, 0.3) is 11.5 Å². The fourth-order valence-electron chi connectivity index (χ4n) is 3.46. The van der Waals surface area contributed by atoms with Crippen molar-refractivity contribution >= 4 is 5.91 Å². The Morgan fingerprint density at radius 3 is 2.82 bits per heavy atom. The molecule has 28 heavy (non-hydrogen) atoms. The number of nitrogens with one attached hydrogen (secondary N) is 2. The number of aromatic amines is 2. The lowest BCUT2D eigenvalue weighted by Crippen LogP contribution is -2.32. The van der Waals surface area contributed by atoms with E-state index in [1.807, 2.05) is 26.0 Å². The molecular weight excluding hydrogens is 356 g/mol. The van der Waals surface area contributed by atoms with Crippen molar-refractivity contribution in [1.29, 1.82) is 0 Å². The maximum Gasteiger partial charge on any atom is 0.274 e. The molecule has 1 amide bonds. The molecule has 0 unspecified atom stereocenters. The average molecular weight is 378 g/mol. The number of H-pyrrole nitrogens is 2. The maximum atomic E-state index is 13.0. The van der Waals surface area contributed by atoms with Gasteiger partial charge in [-0.25, -0.2) is 4.98 Å². The predicted molar refractivity (Wildman–Crippen MR) is 104 cm³/mol. The van der Waals surface area contributed by atoms with E-state index in [0.29, 0.717) is 29.5 Å². The molecule has 1 aliphatic rings. The van der Waals surface area contributed by atoms with Crippen LogP contribution in [0.2, 0.25) is 0 Å². The van der Waals surface area contributed by atoms with Crippen molar-refractivity contribution in [3.8, 4) is 11.4 Å². The molecule has 3 aromatic heterocycles. The first kappa shape index (κ1) is 18.1. The van der Waals surface area contributed by atoms with Crippen molar-refractivity contribution < 1.29 is 4.79 Å². The summed E-state index contributed by atoms with van der Waals surface area (Å²) in [4.78, 5) is 38.7. The van der Waals surface area contributed by atoms with Gasteiger partial charge in [0, 0.05) is 24.5 Å². The molecule has 1 atom stereocenters. The topological polar surface area (TPSA) is 108 Å². The third-order valence-electron chi connectivity index (χ3n) is 4.96. The monoisotopic (exact) mass is 378 g/mol. The van der Waals surface area contributed by atoms with Crippen LogP contribution < -0.4 is 5.56 Å². The smallest absolute Gasteiger partial charge is 0.274 e. The van der Waals surface area contributed by atoms with Crippen LogP contribution in [-0.2, 0) is 0 Å². The van der Waals surface area contributed by atoms with Crippen molar-refractivity contribution in [3.05, 3.63) is 64.1 Å². The lowest BCUT2D eigenvalue weighted by Gasteiger charge is -2.23. The van der Waals surface area contributed by atoms with Gasteiger partial charge in [0.2, 0.25) is 0 Å². The Hall–Kier alpha value is -3.29. The Bertz CT molecular complexity index is 1040. The van der Waals surface area contributed by atoms with Crippen LogP contribution in [0.25, 0.3) is 11.4 Å². The van der Waals surface area contributed by atoms with Crippen LogP contribution in [0.1, 0.15) is 60.7 Å². The largest absolute Gasteiger partial charge is 0.327 e. The number of pyridine rings is 1. The number of nitrogens with zero attached hydrogens (tertiary/aromatic N) is 4. The van der Waals surface area contributed by atoms with E-state index in [1.165, 1.54) is 6.07 Å². The zero-order valence-corrected chi connectivity index (χ0v) is 15.8. The Kier molecular flexibility index (Phi) is 4.77. The molecule has 0 bridgehead atoms. The Balaban J connectivity index is 1.65. The highest BCUT2D eigenvalue weighted by Crippen LogP contribution is 2.31. The average Bonchev–Trinajstić information content (AvgIpc) is 3.37. The van der Waals surface area contributed by atoms with E-state index in [9.17, 15) is 9.59 Å². The summed E-state index contributed by atoms with van der Waals surface area (Å²) >= 11 is 0. The summed E-state index contributed by atoms with van der Waals surface area (Å²) in [6, 6.07) is 8.39. The molecule has 0 aromatic carbocycles. The predicted octanol–water partition coefficient (Wildman–Crippen LogP) is 2.66. The first-order chi connectivity index (χ1) is 13.5. The second-order valence-electron chi connectivity index (χ2n) is 7.25. The maximum absolute atomic E-state index is 13.0. The first-order valence-electron chi connectivity index (χ1n) is 9.42. The number of hydrogen-bond donors (Lipinski definition) is 2. The van der Waals surface area contributed by atoms with E-state index in [4.69, 9.17) is 0 Å². The number of carbonyl (C=O) groups is 1. The molecule has 8 nitrogen and oxygen atoms in total. The van der Waals surface area contributed by atoms with E-state index >= 15 is 0 Å². The van der Waals surface area contributed by atoms with Gasteiger partial charge < -0.3 is 9.88 Å². The van der Waals surface area contributed by atoms with E-state index < -0.39 is 0 Å². The molecule has 1 aliphatic heterocycles. The van der Waals surface area contributed by atoms with Crippen LogP contribution in [0.4, 0.5) is 0 Å². The normalized spacial score (nSPS) is 16.7. The number of aromatic nitrogens is 5. The van der Waals surface area contributed by atoms with Crippen LogP contribution in [0.3, 0.4) is 0 Å². The molecular formula is C20H22N6O2. The summed E-state index contributed by atoms with van der Waals surface area (Å²) in [6.45, 7) is 4.68. The minimum atomic E-state index is -0.289. The van der Waals surface area contributed by atoms with Gasteiger partial charge in [0.15, 0.2) is 0 Å². The number of rotatable bonds is 4. The molecule has 144 valence electrons. The van der Waals surface area contributed by atoms with Crippen LogP contribution in [0, 0.1) is 0 Å². The van der Waals surface area contributed by atoms with Crippen LogP contribution in [0.5, 0.6) is 0 Å². The summed E-state index contributed by atoms with van der Waals surface area (Å²) in [6.07, 6.45) is 3.24. The van der Waals surface area contributed by atoms with E-state index in [1.54, 1.807) is 23.2 Å². The molecule has 0 radical (unpaired) electrons. The summed E-state index contributed by atoms with van der Waals surface area (Å²) in [7, 11) is 0. The number of carbonyl (C=O) groups excluding carboxylic acids is 1. The highest BCUT2D eigenvalue weighted by atomic mass is 16.2. The van der Waals surface area contributed by atoms with Gasteiger partial charge in [-0.1, -0.05) is 19.9 Å². The molecule has 1 saturated heterocycles. The van der Waals surface area contributed by atoms with Gasteiger partial charge in [-0.05, 0) is 37.0 Å². The molecule has 4 rings (SSSR count). The number of amides is 1. The van der Waals surface area contributed by atoms with E-state index in [2.05, 4.69) is 25.1 Å². The summed E-state index contributed by atoms with van der Waals surface area (Å²) in [5.74, 6) is 0.590. The molecule has 8 heteroatoms. The molecule has 2 N–H and O–H groups in total. The Morgan fingerprint density at radius 1 is 1.25 bits per heavy atom. The lowest BCUT2D eigenvalue weighted by molar-refractivity contribution is 0.0723. The second-order valence-corrected chi connectivity index (χ2v) is 7.25. The van der Waals surface area contributed by atoms with Crippen molar-refractivity contribution in [1.82, 2.24) is 30.0 Å². The van der Waals surface area contributed by atoms with Crippen LogP contribution in [0.15, 0.2) is 41.3 Å². The minimum absolute atomic E-state index is 0.156. The number of likely N-dealkylation sites (tertiary alicyclic amines) is 1.